The van der Waals surface area contributed by atoms with Gasteiger partial charge in [0.25, 0.3) is 5.91 Å². The van der Waals surface area contributed by atoms with Crippen LogP contribution < -0.4 is 10.1 Å². The second-order valence-corrected chi connectivity index (χ2v) is 4.71. The number of hydrogen-bond acceptors (Lipinski definition) is 3. The molecule has 1 aliphatic rings. The van der Waals surface area contributed by atoms with Crippen LogP contribution in [0.2, 0.25) is 0 Å². The van der Waals surface area contributed by atoms with E-state index in [0.29, 0.717) is 29.3 Å². The van der Waals surface area contributed by atoms with Gasteiger partial charge >= 0.3 is 0 Å². The van der Waals surface area contributed by atoms with Crippen LogP contribution in [0.5, 0.6) is 5.88 Å². The summed E-state index contributed by atoms with van der Waals surface area (Å²) in [5, 5.41) is 6.76. The molecule has 0 saturated carbocycles. The fourth-order valence-electron chi connectivity index (χ4n) is 2.09. The lowest BCUT2D eigenvalue weighted by molar-refractivity contribution is 0.102. The van der Waals surface area contributed by atoms with Crippen LogP contribution in [0.3, 0.4) is 0 Å². The van der Waals surface area contributed by atoms with Crippen LogP contribution in [-0.2, 0) is 6.54 Å². The predicted molar refractivity (Wildman–Crippen MR) is 71.4 cm³/mol. The van der Waals surface area contributed by atoms with E-state index in [-0.39, 0.29) is 11.7 Å². The Hall–Kier alpha value is -2.37. The normalized spacial score (nSPS) is 13.5. The van der Waals surface area contributed by atoms with Crippen molar-refractivity contribution >= 4 is 11.6 Å². The molecule has 0 radical (unpaired) electrons. The lowest BCUT2D eigenvalue weighted by atomic mass is 10.2. The molecule has 1 aromatic heterocycles. The maximum atomic E-state index is 13.5. The van der Waals surface area contributed by atoms with Crippen LogP contribution in [-0.4, -0.2) is 22.3 Å². The van der Waals surface area contributed by atoms with E-state index in [4.69, 9.17) is 4.74 Å². The standard InChI is InChI=1S/C14H14FN3O2/c1-9-3-4-10(7-12(9)15)17-13(19)11-8-16-18-5-2-6-20-14(11)18/h3-4,7-8H,2,5-6H2,1H3,(H,17,19). The molecule has 6 heteroatoms. The number of anilines is 1. The molecule has 0 spiro atoms. The molecule has 0 fully saturated rings. The monoisotopic (exact) mass is 275 g/mol. The first-order chi connectivity index (χ1) is 9.65. The summed E-state index contributed by atoms with van der Waals surface area (Å²) in [5.41, 5.74) is 1.31. The van der Waals surface area contributed by atoms with E-state index in [1.807, 2.05) is 0 Å². The van der Waals surface area contributed by atoms with E-state index < -0.39 is 0 Å². The second-order valence-electron chi connectivity index (χ2n) is 4.71. The molecule has 5 nitrogen and oxygen atoms in total. The van der Waals surface area contributed by atoms with Crippen LogP contribution in [0, 0.1) is 12.7 Å². The first kappa shape index (κ1) is 12.7. The summed E-state index contributed by atoms with van der Waals surface area (Å²) in [5.74, 6) is -0.228. The molecular formula is C14H14FN3O2. The third kappa shape index (κ3) is 2.24. The molecular weight excluding hydrogens is 261 g/mol. The summed E-state index contributed by atoms with van der Waals surface area (Å²) in [7, 11) is 0. The topological polar surface area (TPSA) is 56.2 Å². The Morgan fingerprint density at radius 2 is 2.35 bits per heavy atom. The highest BCUT2D eigenvalue weighted by Crippen LogP contribution is 2.23. The van der Waals surface area contributed by atoms with Crippen molar-refractivity contribution < 1.29 is 13.9 Å². The maximum absolute atomic E-state index is 13.5. The first-order valence-corrected chi connectivity index (χ1v) is 6.41. The lowest BCUT2D eigenvalue weighted by Crippen LogP contribution is -2.18. The molecule has 1 aromatic carbocycles. The zero-order valence-corrected chi connectivity index (χ0v) is 11.0. The molecule has 0 aliphatic carbocycles. The van der Waals surface area contributed by atoms with Gasteiger partial charge in [-0.3, -0.25) is 4.79 Å². The number of aromatic nitrogens is 2. The molecule has 1 N–H and O–H groups in total. The summed E-state index contributed by atoms with van der Waals surface area (Å²) in [6, 6.07) is 4.58. The average molecular weight is 275 g/mol. The van der Waals surface area contributed by atoms with E-state index in [2.05, 4.69) is 10.4 Å². The Labute approximate surface area is 115 Å². The molecule has 20 heavy (non-hydrogen) atoms. The van der Waals surface area contributed by atoms with Crippen LogP contribution in [0.15, 0.2) is 24.4 Å². The highest BCUT2D eigenvalue weighted by Gasteiger charge is 2.21. The van der Waals surface area contributed by atoms with Gasteiger partial charge in [-0.05, 0) is 24.6 Å². The van der Waals surface area contributed by atoms with Crippen molar-refractivity contribution in [2.24, 2.45) is 0 Å². The SMILES string of the molecule is Cc1ccc(NC(=O)c2cnn3c2OCCC3)cc1F. The second kappa shape index (κ2) is 4.96. The van der Waals surface area contributed by atoms with E-state index in [1.165, 1.54) is 12.3 Å². The van der Waals surface area contributed by atoms with Gasteiger partial charge in [-0.15, -0.1) is 0 Å². The Morgan fingerprint density at radius 1 is 1.50 bits per heavy atom. The minimum Gasteiger partial charge on any atom is -0.477 e. The maximum Gasteiger partial charge on any atom is 0.262 e. The number of amides is 1. The largest absolute Gasteiger partial charge is 0.477 e. The third-order valence-corrected chi connectivity index (χ3v) is 3.22. The van der Waals surface area contributed by atoms with E-state index in [0.717, 1.165) is 13.0 Å². The zero-order valence-electron chi connectivity index (χ0n) is 11.0. The predicted octanol–water partition coefficient (Wildman–Crippen LogP) is 2.37. The van der Waals surface area contributed by atoms with Gasteiger partial charge in [-0.2, -0.15) is 5.10 Å². The number of fused-ring (bicyclic) bond motifs is 1. The minimum absolute atomic E-state index is 0.351. The number of ether oxygens (including phenoxy) is 1. The number of aryl methyl sites for hydroxylation is 2. The van der Waals surface area contributed by atoms with Gasteiger partial charge in [0.05, 0.1) is 12.8 Å². The molecule has 1 aliphatic heterocycles. The Bertz CT molecular complexity index is 666. The van der Waals surface area contributed by atoms with Crippen molar-refractivity contribution in [2.45, 2.75) is 19.9 Å². The van der Waals surface area contributed by atoms with Gasteiger partial charge in [-0.1, -0.05) is 6.07 Å². The van der Waals surface area contributed by atoms with Gasteiger partial charge in [-0.25, -0.2) is 9.07 Å². The minimum atomic E-state index is -0.351. The summed E-state index contributed by atoms with van der Waals surface area (Å²) in [6.07, 6.45) is 2.35. The van der Waals surface area contributed by atoms with Crippen molar-refractivity contribution in [3.8, 4) is 5.88 Å². The molecule has 2 aromatic rings. The summed E-state index contributed by atoms with van der Waals surface area (Å²) in [4.78, 5) is 12.2. The fourth-order valence-corrected chi connectivity index (χ4v) is 2.09. The van der Waals surface area contributed by atoms with Crippen molar-refractivity contribution in [2.75, 3.05) is 11.9 Å². The van der Waals surface area contributed by atoms with Crippen molar-refractivity contribution in [1.82, 2.24) is 9.78 Å². The number of carbonyl (C=O) groups excluding carboxylic acids is 1. The highest BCUT2D eigenvalue weighted by atomic mass is 19.1. The van der Waals surface area contributed by atoms with Crippen LogP contribution in [0.1, 0.15) is 22.3 Å². The van der Waals surface area contributed by atoms with Gasteiger partial charge in [0, 0.05) is 18.7 Å². The molecule has 0 bridgehead atoms. The molecule has 104 valence electrons. The van der Waals surface area contributed by atoms with Gasteiger partial charge in [0.2, 0.25) is 5.88 Å². The molecule has 0 saturated heterocycles. The van der Waals surface area contributed by atoms with E-state index in [1.54, 1.807) is 23.7 Å². The number of benzene rings is 1. The molecule has 0 atom stereocenters. The van der Waals surface area contributed by atoms with Gasteiger partial charge in [0.15, 0.2) is 0 Å². The van der Waals surface area contributed by atoms with Crippen molar-refractivity contribution in [1.29, 1.82) is 0 Å². The average Bonchev–Trinajstić information content (AvgIpc) is 2.87. The van der Waals surface area contributed by atoms with Crippen LogP contribution >= 0.6 is 0 Å². The molecule has 1 amide bonds. The van der Waals surface area contributed by atoms with Crippen molar-refractivity contribution in [3.05, 3.63) is 41.3 Å². The smallest absolute Gasteiger partial charge is 0.262 e. The van der Waals surface area contributed by atoms with E-state index in [9.17, 15) is 9.18 Å². The number of nitrogens with one attached hydrogen (secondary N) is 1. The van der Waals surface area contributed by atoms with Gasteiger partial charge < -0.3 is 10.1 Å². The lowest BCUT2D eigenvalue weighted by Gasteiger charge is -2.15. The van der Waals surface area contributed by atoms with Crippen LogP contribution in [0.25, 0.3) is 0 Å². The third-order valence-electron chi connectivity index (χ3n) is 3.22. The first-order valence-electron chi connectivity index (χ1n) is 6.41. The Kier molecular flexibility index (Phi) is 3.14. The fraction of sp³-hybridized carbons (Fsp3) is 0.286. The Balaban J connectivity index is 1.82. The summed E-state index contributed by atoms with van der Waals surface area (Å²) >= 11 is 0. The zero-order chi connectivity index (χ0) is 14.1. The summed E-state index contributed by atoms with van der Waals surface area (Å²) in [6.45, 7) is 2.98. The van der Waals surface area contributed by atoms with E-state index >= 15 is 0 Å². The Morgan fingerprint density at radius 3 is 3.15 bits per heavy atom. The van der Waals surface area contributed by atoms with Crippen LogP contribution in [0.4, 0.5) is 10.1 Å². The highest BCUT2D eigenvalue weighted by molar-refractivity contribution is 6.05. The molecule has 2 heterocycles. The summed E-state index contributed by atoms with van der Waals surface area (Å²) < 4.78 is 20.6. The van der Waals surface area contributed by atoms with Gasteiger partial charge in [0.1, 0.15) is 11.4 Å². The molecule has 3 rings (SSSR count). The number of rotatable bonds is 2. The molecule has 0 unspecified atom stereocenters. The van der Waals surface area contributed by atoms with Crippen molar-refractivity contribution in [3.63, 3.8) is 0 Å². The number of carbonyl (C=O) groups is 1. The number of hydrogen-bond donors (Lipinski definition) is 1. The quantitative estimate of drug-likeness (QED) is 0.915. The number of nitrogens with zero attached hydrogens (tertiary/aromatic N) is 2. The number of halogens is 1.